The zero-order valence-corrected chi connectivity index (χ0v) is 36.8. The summed E-state index contributed by atoms with van der Waals surface area (Å²) in [5.41, 5.74) is 0. The molecule has 3 atom stereocenters. The Kier molecular flexibility index (Phi) is 36.4. The zero-order chi connectivity index (χ0) is 40.0. The smallest absolute Gasteiger partial charge is 0.268 e. The highest BCUT2D eigenvalue weighted by Gasteiger charge is 2.23. The molecule has 3 unspecified atom stereocenters. The van der Waals surface area contributed by atoms with Crippen LogP contribution >= 0.6 is 7.82 Å². The van der Waals surface area contributed by atoms with Gasteiger partial charge in [0, 0.05) is 6.42 Å². The number of quaternary nitrogens is 1. The minimum Gasteiger partial charge on any atom is -0.756 e. The maximum Gasteiger partial charge on any atom is 0.268 e. The fourth-order valence-electron chi connectivity index (χ4n) is 6.24. The van der Waals surface area contributed by atoms with E-state index < -0.39 is 26.6 Å². The number of carbonyl (C=O) groups is 1. The van der Waals surface area contributed by atoms with Crippen LogP contribution in [0.5, 0.6) is 0 Å². The van der Waals surface area contributed by atoms with E-state index in [0.29, 0.717) is 17.4 Å². The van der Waals surface area contributed by atoms with E-state index in [1.807, 2.05) is 27.2 Å². The highest BCUT2D eigenvalue weighted by atomic mass is 31.2. The van der Waals surface area contributed by atoms with Gasteiger partial charge in [0.25, 0.3) is 7.82 Å². The Hall–Kier alpha value is -1.28. The maximum absolute atomic E-state index is 12.8. The molecule has 0 radical (unpaired) electrons. The predicted molar refractivity (Wildman–Crippen MR) is 228 cm³/mol. The van der Waals surface area contributed by atoms with Gasteiger partial charge in [0.15, 0.2) is 0 Å². The molecule has 0 saturated heterocycles. The summed E-state index contributed by atoms with van der Waals surface area (Å²) in [4.78, 5) is 25.3. The first-order valence-corrected chi connectivity index (χ1v) is 23.8. The monoisotopic (exact) mass is 783 g/mol. The molecule has 0 rings (SSSR count). The number of phosphoric ester groups is 1. The number of amides is 1. The molecule has 0 bridgehead atoms. The van der Waals surface area contributed by atoms with Gasteiger partial charge in [-0.05, 0) is 44.9 Å². The van der Waals surface area contributed by atoms with E-state index in [1.54, 1.807) is 6.08 Å². The fraction of sp³-hybridized carbons (Fsp3) is 0.844. The van der Waals surface area contributed by atoms with Crippen molar-refractivity contribution >= 4 is 13.7 Å². The number of nitrogens with zero attached hydrogens (tertiary/aromatic N) is 1. The molecule has 0 aliphatic rings. The minimum atomic E-state index is -4.59. The molecule has 318 valence electrons. The number of allylic oxidation sites excluding steroid dienone is 5. The number of rotatable bonds is 40. The number of nitrogens with one attached hydrogen (secondary N) is 1. The SMILES string of the molecule is CCCCCCCCCCC/C=C/CC/C=C/CC/C=C/C(O)C(COP(=O)([O-])OCC[N+](C)(C)C)NC(=O)CCCCCCCCCCCCCCC. The lowest BCUT2D eigenvalue weighted by molar-refractivity contribution is -0.870. The van der Waals surface area contributed by atoms with Gasteiger partial charge in [-0.2, -0.15) is 0 Å². The number of aliphatic hydroxyl groups excluding tert-OH is 1. The van der Waals surface area contributed by atoms with E-state index in [-0.39, 0.29) is 12.5 Å². The molecule has 0 saturated carbocycles. The highest BCUT2D eigenvalue weighted by Crippen LogP contribution is 2.38. The number of hydrogen-bond acceptors (Lipinski definition) is 6. The van der Waals surface area contributed by atoms with Crippen LogP contribution in [0.4, 0.5) is 0 Å². The molecule has 0 aliphatic carbocycles. The lowest BCUT2D eigenvalue weighted by Crippen LogP contribution is -2.45. The standard InChI is InChI=1S/C45H87N2O6P/c1-6-8-10-12-14-16-18-20-21-22-23-24-25-27-28-30-32-34-36-38-44(48)43(42-53-54(50,51)52-41-40-47(3,4)5)46-45(49)39-37-35-33-31-29-26-19-17-15-13-11-9-7-2/h23-24,28,30,36,38,43-44,48H,6-22,25-27,29,31-35,37,39-42H2,1-5H3,(H-,46,49,50,51)/b24-23+,30-28+,38-36+. The maximum atomic E-state index is 12.8. The van der Waals surface area contributed by atoms with Crippen molar-refractivity contribution in [3.63, 3.8) is 0 Å². The van der Waals surface area contributed by atoms with Crippen LogP contribution in [0.3, 0.4) is 0 Å². The molecule has 9 heteroatoms. The molecule has 0 aromatic heterocycles. The largest absolute Gasteiger partial charge is 0.756 e. The van der Waals surface area contributed by atoms with Crippen LogP contribution in [0, 0.1) is 0 Å². The van der Waals surface area contributed by atoms with Crippen molar-refractivity contribution in [3.05, 3.63) is 36.5 Å². The molecular formula is C45H87N2O6P. The first-order chi connectivity index (χ1) is 26.0. The van der Waals surface area contributed by atoms with Gasteiger partial charge in [-0.25, -0.2) is 0 Å². The van der Waals surface area contributed by atoms with Gasteiger partial charge >= 0.3 is 0 Å². The third-order valence-corrected chi connectivity index (χ3v) is 10.8. The average molecular weight is 783 g/mol. The molecule has 54 heavy (non-hydrogen) atoms. The summed E-state index contributed by atoms with van der Waals surface area (Å²) >= 11 is 0. The van der Waals surface area contributed by atoms with E-state index in [1.165, 1.54) is 128 Å². The third kappa shape index (κ3) is 39.0. The van der Waals surface area contributed by atoms with Crippen molar-refractivity contribution in [3.8, 4) is 0 Å². The lowest BCUT2D eigenvalue weighted by atomic mass is 10.0. The van der Waals surface area contributed by atoms with E-state index in [0.717, 1.165) is 44.9 Å². The Morgan fingerprint density at radius 3 is 1.50 bits per heavy atom. The number of carbonyl (C=O) groups excluding carboxylic acids is 1. The van der Waals surface area contributed by atoms with E-state index in [4.69, 9.17) is 9.05 Å². The Morgan fingerprint density at radius 2 is 1.04 bits per heavy atom. The number of likely N-dealkylation sites (N-methyl/N-ethyl adjacent to an activating group) is 1. The second-order valence-corrected chi connectivity index (χ2v) is 17.8. The Morgan fingerprint density at radius 1 is 0.630 bits per heavy atom. The second kappa shape index (κ2) is 37.3. The summed E-state index contributed by atoms with van der Waals surface area (Å²) < 4.78 is 23.2. The molecule has 0 aromatic carbocycles. The van der Waals surface area contributed by atoms with Crippen molar-refractivity contribution in [2.45, 2.75) is 206 Å². The van der Waals surface area contributed by atoms with Gasteiger partial charge in [-0.1, -0.05) is 179 Å². The Balaban J connectivity index is 4.49. The summed E-state index contributed by atoms with van der Waals surface area (Å²) in [6, 6.07) is -0.905. The normalized spacial score (nSPS) is 14.7. The van der Waals surface area contributed by atoms with Gasteiger partial charge in [0.2, 0.25) is 5.91 Å². The molecular weight excluding hydrogens is 695 g/mol. The van der Waals surface area contributed by atoms with Crippen molar-refractivity contribution in [1.82, 2.24) is 5.32 Å². The zero-order valence-electron chi connectivity index (χ0n) is 35.9. The first-order valence-electron chi connectivity index (χ1n) is 22.4. The van der Waals surface area contributed by atoms with Crippen LogP contribution in [-0.2, 0) is 18.4 Å². The van der Waals surface area contributed by atoms with Crippen LogP contribution in [0.15, 0.2) is 36.5 Å². The van der Waals surface area contributed by atoms with Crippen molar-refractivity contribution in [2.24, 2.45) is 0 Å². The topological polar surface area (TPSA) is 108 Å². The Labute approximate surface area is 334 Å². The average Bonchev–Trinajstić information content (AvgIpc) is 3.12. The quantitative estimate of drug-likeness (QED) is 0.0277. The van der Waals surface area contributed by atoms with Crippen LogP contribution in [0.25, 0.3) is 0 Å². The first kappa shape index (κ1) is 52.7. The second-order valence-electron chi connectivity index (χ2n) is 16.4. The van der Waals surface area contributed by atoms with Gasteiger partial charge in [0.05, 0.1) is 39.9 Å². The van der Waals surface area contributed by atoms with Gasteiger partial charge in [-0.3, -0.25) is 9.36 Å². The molecule has 0 aromatic rings. The minimum absolute atomic E-state index is 0.00797. The number of aliphatic hydroxyl groups is 1. The lowest BCUT2D eigenvalue weighted by Gasteiger charge is -2.29. The summed E-state index contributed by atoms with van der Waals surface area (Å²) in [5.74, 6) is -0.212. The van der Waals surface area contributed by atoms with Gasteiger partial charge in [-0.15, -0.1) is 0 Å². The van der Waals surface area contributed by atoms with Gasteiger partial charge in [0.1, 0.15) is 13.2 Å². The highest BCUT2D eigenvalue weighted by molar-refractivity contribution is 7.45. The summed E-state index contributed by atoms with van der Waals surface area (Å²) in [6.45, 7) is 4.61. The van der Waals surface area contributed by atoms with Crippen LogP contribution < -0.4 is 10.2 Å². The van der Waals surface area contributed by atoms with Crippen molar-refractivity contribution < 1.29 is 32.9 Å². The number of unbranched alkanes of at least 4 members (excludes halogenated alkanes) is 23. The number of hydrogen-bond donors (Lipinski definition) is 2. The number of phosphoric acid groups is 1. The molecule has 8 nitrogen and oxygen atoms in total. The third-order valence-electron chi connectivity index (χ3n) is 9.83. The van der Waals surface area contributed by atoms with E-state index in [9.17, 15) is 19.4 Å². The molecule has 2 N–H and O–H groups in total. The van der Waals surface area contributed by atoms with E-state index in [2.05, 4.69) is 43.5 Å². The molecule has 0 heterocycles. The van der Waals surface area contributed by atoms with Crippen LogP contribution in [0.2, 0.25) is 0 Å². The van der Waals surface area contributed by atoms with Gasteiger partial charge < -0.3 is 28.8 Å². The Bertz CT molecular complexity index is 980. The van der Waals surface area contributed by atoms with Crippen molar-refractivity contribution in [1.29, 1.82) is 0 Å². The predicted octanol–water partition coefficient (Wildman–Crippen LogP) is 11.7. The van der Waals surface area contributed by atoms with Crippen molar-refractivity contribution in [2.75, 3.05) is 40.9 Å². The van der Waals surface area contributed by atoms with E-state index >= 15 is 0 Å². The summed E-state index contributed by atoms with van der Waals surface area (Å²) in [6.07, 6.45) is 44.8. The molecule has 0 spiro atoms. The summed E-state index contributed by atoms with van der Waals surface area (Å²) in [5, 5.41) is 13.7. The summed E-state index contributed by atoms with van der Waals surface area (Å²) in [7, 11) is 1.24. The molecule has 0 fully saturated rings. The molecule has 1 amide bonds. The van der Waals surface area contributed by atoms with Crippen LogP contribution in [-0.4, -0.2) is 68.5 Å². The van der Waals surface area contributed by atoms with Crippen LogP contribution in [0.1, 0.15) is 194 Å². The molecule has 0 aliphatic heterocycles. The fourth-order valence-corrected chi connectivity index (χ4v) is 6.97.